The fraction of sp³-hybridized carbons (Fsp3) is 0.286. The van der Waals surface area contributed by atoms with Crippen molar-refractivity contribution in [1.29, 1.82) is 0 Å². The maximum Gasteiger partial charge on any atom is 0.253 e. The van der Waals surface area contributed by atoms with Gasteiger partial charge in [-0.05, 0) is 50.4 Å². The number of amides is 3. The van der Waals surface area contributed by atoms with E-state index in [-0.39, 0.29) is 30.8 Å². The van der Waals surface area contributed by atoms with Gasteiger partial charge in [0, 0.05) is 31.0 Å². The number of carbonyl (C=O) groups is 3. The molecule has 7 nitrogen and oxygen atoms in total. The van der Waals surface area contributed by atoms with Crippen LogP contribution in [0.3, 0.4) is 0 Å². The highest BCUT2D eigenvalue weighted by atomic mass is 16.2. The molecule has 0 fully saturated rings. The Morgan fingerprint density at radius 2 is 1.18 bits per heavy atom. The minimum Gasteiger partial charge on any atom is -0.345 e. The maximum atomic E-state index is 12.2. The lowest BCUT2D eigenvalue weighted by molar-refractivity contribution is -0.119. The normalized spacial score (nSPS) is 10.5. The monoisotopic (exact) mass is 382 g/mol. The summed E-state index contributed by atoms with van der Waals surface area (Å²) in [6, 6.07) is 14.2. The van der Waals surface area contributed by atoms with Gasteiger partial charge in [0.25, 0.3) is 5.91 Å². The molecule has 0 spiro atoms. The SMILES string of the molecule is Cc1ccc(NC(=O)CN(C)CC(=O)Nc2ccc(C(=O)N(C)C)cc2)cc1. The molecule has 0 atom stereocenters. The summed E-state index contributed by atoms with van der Waals surface area (Å²) in [7, 11) is 5.07. The van der Waals surface area contributed by atoms with Gasteiger partial charge in [-0.2, -0.15) is 0 Å². The fourth-order valence-electron chi connectivity index (χ4n) is 2.54. The zero-order chi connectivity index (χ0) is 20.7. The van der Waals surface area contributed by atoms with Crippen LogP contribution in [0.25, 0.3) is 0 Å². The second-order valence-electron chi connectivity index (χ2n) is 6.91. The maximum absolute atomic E-state index is 12.2. The number of likely N-dealkylation sites (N-methyl/N-ethyl adjacent to an activating group) is 1. The Bertz CT molecular complexity index is 830. The Balaban J connectivity index is 1.81. The van der Waals surface area contributed by atoms with Gasteiger partial charge in [-0.1, -0.05) is 17.7 Å². The van der Waals surface area contributed by atoms with E-state index in [2.05, 4.69) is 10.6 Å². The first-order chi connectivity index (χ1) is 13.2. The smallest absolute Gasteiger partial charge is 0.253 e. The second kappa shape index (κ2) is 9.66. The van der Waals surface area contributed by atoms with Crippen molar-refractivity contribution in [3.63, 3.8) is 0 Å². The highest BCUT2D eigenvalue weighted by Gasteiger charge is 2.12. The molecule has 0 aliphatic rings. The molecule has 0 unspecified atom stereocenters. The number of nitrogens with one attached hydrogen (secondary N) is 2. The summed E-state index contributed by atoms with van der Waals surface area (Å²) in [6.07, 6.45) is 0. The third-order valence-corrected chi connectivity index (χ3v) is 3.98. The lowest BCUT2D eigenvalue weighted by Crippen LogP contribution is -2.36. The summed E-state index contributed by atoms with van der Waals surface area (Å²) in [5.41, 5.74) is 2.98. The highest BCUT2D eigenvalue weighted by Crippen LogP contribution is 2.11. The number of carbonyl (C=O) groups excluding carboxylic acids is 3. The highest BCUT2D eigenvalue weighted by molar-refractivity contribution is 5.96. The molecule has 2 aromatic rings. The summed E-state index contributed by atoms with van der Waals surface area (Å²) < 4.78 is 0. The van der Waals surface area contributed by atoms with Gasteiger partial charge < -0.3 is 15.5 Å². The molecule has 2 aromatic carbocycles. The van der Waals surface area contributed by atoms with Crippen molar-refractivity contribution >= 4 is 29.1 Å². The molecule has 3 amide bonds. The standard InChI is InChI=1S/C21H26N4O3/c1-15-5-9-17(10-6-15)22-19(26)13-25(4)14-20(27)23-18-11-7-16(8-12-18)21(28)24(2)3/h5-12H,13-14H2,1-4H3,(H,22,26)(H,23,27). The first-order valence-electron chi connectivity index (χ1n) is 8.91. The number of benzene rings is 2. The van der Waals surface area contributed by atoms with E-state index in [1.54, 1.807) is 50.3 Å². The predicted octanol–water partition coefficient (Wildman–Crippen LogP) is 2.21. The summed E-state index contributed by atoms with van der Waals surface area (Å²) >= 11 is 0. The molecular weight excluding hydrogens is 356 g/mol. The van der Waals surface area contributed by atoms with E-state index in [1.807, 2.05) is 31.2 Å². The Labute approximate surface area is 165 Å². The van der Waals surface area contributed by atoms with Crippen LogP contribution in [0.5, 0.6) is 0 Å². The molecule has 0 aromatic heterocycles. The second-order valence-corrected chi connectivity index (χ2v) is 6.91. The molecule has 0 aliphatic carbocycles. The summed E-state index contributed by atoms with van der Waals surface area (Å²) in [6.45, 7) is 2.14. The molecule has 148 valence electrons. The van der Waals surface area contributed by atoms with Crippen LogP contribution in [0.15, 0.2) is 48.5 Å². The van der Waals surface area contributed by atoms with Gasteiger partial charge in [-0.25, -0.2) is 0 Å². The predicted molar refractivity (Wildman–Crippen MR) is 110 cm³/mol. The molecule has 7 heteroatoms. The van der Waals surface area contributed by atoms with Gasteiger partial charge in [-0.15, -0.1) is 0 Å². The Hall–Kier alpha value is -3.19. The van der Waals surface area contributed by atoms with Crippen LogP contribution >= 0.6 is 0 Å². The van der Waals surface area contributed by atoms with E-state index in [4.69, 9.17) is 0 Å². The topological polar surface area (TPSA) is 81.8 Å². The summed E-state index contributed by atoms with van der Waals surface area (Å²) in [5, 5.41) is 5.56. The summed E-state index contributed by atoms with van der Waals surface area (Å²) in [5.74, 6) is -0.528. The van der Waals surface area contributed by atoms with E-state index < -0.39 is 0 Å². The van der Waals surface area contributed by atoms with E-state index in [1.165, 1.54) is 4.90 Å². The number of hydrogen-bond donors (Lipinski definition) is 2. The average molecular weight is 382 g/mol. The zero-order valence-electron chi connectivity index (χ0n) is 16.7. The van der Waals surface area contributed by atoms with Crippen LogP contribution < -0.4 is 10.6 Å². The van der Waals surface area contributed by atoms with Crippen LogP contribution in [0, 0.1) is 6.92 Å². The van der Waals surface area contributed by atoms with Crippen molar-refractivity contribution in [3.05, 3.63) is 59.7 Å². The third kappa shape index (κ3) is 6.51. The van der Waals surface area contributed by atoms with Gasteiger partial charge >= 0.3 is 0 Å². The van der Waals surface area contributed by atoms with Gasteiger partial charge in [0.1, 0.15) is 0 Å². The van der Waals surface area contributed by atoms with Crippen molar-refractivity contribution in [3.8, 4) is 0 Å². The van der Waals surface area contributed by atoms with Crippen molar-refractivity contribution in [1.82, 2.24) is 9.80 Å². The first kappa shape index (κ1) is 21.1. The minimum atomic E-state index is -0.239. The van der Waals surface area contributed by atoms with E-state index in [0.29, 0.717) is 11.3 Å². The largest absolute Gasteiger partial charge is 0.345 e. The van der Waals surface area contributed by atoms with Crippen LogP contribution in [-0.2, 0) is 9.59 Å². The van der Waals surface area contributed by atoms with Crippen LogP contribution in [-0.4, -0.2) is 61.8 Å². The molecule has 0 saturated heterocycles. The lowest BCUT2D eigenvalue weighted by atomic mass is 10.2. The Morgan fingerprint density at radius 1 is 0.750 bits per heavy atom. The Kier molecular flexibility index (Phi) is 7.28. The van der Waals surface area contributed by atoms with Gasteiger partial charge in [0.2, 0.25) is 11.8 Å². The molecule has 0 saturated carbocycles. The Morgan fingerprint density at radius 3 is 1.61 bits per heavy atom. The van der Waals surface area contributed by atoms with Crippen LogP contribution in [0.2, 0.25) is 0 Å². The third-order valence-electron chi connectivity index (χ3n) is 3.98. The number of rotatable bonds is 7. The van der Waals surface area contributed by atoms with Crippen LogP contribution in [0.1, 0.15) is 15.9 Å². The molecule has 28 heavy (non-hydrogen) atoms. The quantitative estimate of drug-likeness (QED) is 0.769. The number of nitrogens with zero attached hydrogens (tertiary/aromatic N) is 2. The lowest BCUT2D eigenvalue weighted by Gasteiger charge is -2.16. The first-order valence-corrected chi connectivity index (χ1v) is 8.91. The van der Waals surface area contributed by atoms with E-state index in [0.717, 1.165) is 11.3 Å². The molecular formula is C21H26N4O3. The number of aryl methyl sites for hydroxylation is 1. The van der Waals surface area contributed by atoms with Gasteiger partial charge in [-0.3, -0.25) is 19.3 Å². The fourth-order valence-corrected chi connectivity index (χ4v) is 2.54. The van der Waals surface area contributed by atoms with E-state index in [9.17, 15) is 14.4 Å². The van der Waals surface area contributed by atoms with Gasteiger partial charge in [0.15, 0.2) is 0 Å². The van der Waals surface area contributed by atoms with Crippen molar-refractivity contribution in [2.24, 2.45) is 0 Å². The molecule has 0 aliphatic heterocycles. The summed E-state index contributed by atoms with van der Waals surface area (Å²) in [4.78, 5) is 39.2. The average Bonchev–Trinajstić information content (AvgIpc) is 2.63. The van der Waals surface area contributed by atoms with Crippen LogP contribution in [0.4, 0.5) is 11.4 Å². The molecule has 0 heterocycles. The van der Waals surface area contributed by atoms with Gasteiger partial charge in [0.05, 0.1) is 13.1 Å². The zero-order valence-corrected chi connectivity index (χ0v) is 16.7. The minimum absolute atomic E-state index is 0.0691. The molecule has 0 radical (unpaired) electrons. The molecule has 0 bridgehead atoms. The van der Waals surface area contributed by atoms with Crippen molar-refractivity contribution < 1.29 is 14.4 Å². The van der Waals surface area contributed by atoms with Crippen molar-refractivity contribution in [2.45, 2.75) is 6.92 Å². The number of anilines is 2. The number of hydrogen-bond acceptors (Lipinski definition) is 4. The molecule has 2 rings (SSSR count). The van der Waals surface area contributed by atoms with E-state index >= 15 is 0 Å². The molecule has 2 N–H and O–H groups in total. The van der Waals surface area contributed by atoms with Crippen molar-refractivity contribution in [2.75, 3.05) is 44.9 Å².